The summed E-state index contributed by atoms with van der Waals surface area (Å²) in [6.07, 6.45) is 0. The lowest BCUT2D eigenvalue weighted by molar-refractivity contribution is 0.623. The highest BCUT2D eigenvalue weighted by molar-refractivity contribution is 6.18. The van der Waals surface area contributed by atoms with Crippen LogP contribution in [0.2, 0.25) is 0 Å². The van der Waals surface area contributed by atoms with Gasteiger partial charge in [0.1, 0.15) is 5.52 Å². The molecular weight excluding hydrogens is 462 g/mol. The highest BCUT2D eigenvalue weighted by Gasteiger charge is 2.35. The van der Waals surface area contributed by atoms with Crippen LogP contribution in [0.4, 0.5) is 0 Å². The van der Waals surface area contributed by atoms with Gasteiger partial charge in [-0.3, -0.25) is 0 Å². The standard InChI is InChI=1S/C36H25NO/c1-36(2)30-11-7-6-10-27(30)28-18-16-26(21-31(28)36)25-15-13-22-12-14-23-17-19-32-34(33(23)29(22)20-25)38-35(37-32)24-8-4-3-5-9-24/h3-21H,1-2H3. The van der Waals surface area contributed by atoms with Crippen LogP contribution in [-0.2, 0) is 5.41 Å². The zero-order valence-corrected chi connectivity index (χ0v) is 21.3. The molecule has 0 atom stereocenters. The summed E-state index contributed by atoms with van der Waals surface area (Å²) >= 11 is 0. The Labute approximate surface area is 221 Å². The quantitative estimate of drug-likeness (QED) is 0.227. The van der Waals surface area contributed by atoms with Crippen LogP contribution in [-0.4, -0.2) is 4.98 Å². The Morgan fingerprint density at radius 3 is 2.16 bits per heavy atom. The molecule has 6 aromatic carbocycles. The monoisotopic (exact) mass is 487 g/mol. The number of rotatable bonds is 2. The van der Waals surface area contributed by atoms with Crippen LogP contribution in [0.5, 0.6) is 0 Å². The van der Waals surface area contributed by atoms with Gasteiger partial charge in [0, 0.05) is 16.4 Å². The largest absolute Gasteiger partial charge is 0.435 e. The van der Waals surface area contributed by atoms with Crippen LogP contribution in [0.25, 0.3) is 66.4 Å². The summed E-state index contributed by atoms with van der Waals surface area (Å²) in [5.41, 5.74) is 10.6. The van der Waals surface area contributed by atoms with Gasteiger partial charge >= 0.3 is 0 Å². The fourth-order valence-corrected chi connectivity index (χ4v) is 6.29. The first-order valence-corrected chi connectivity index (χ1v) is 13.1. The average molecular weight is 488 g/mol. The molecule has 0 aliphatic heterocycles. The number of fused-ring (bicyclic) bond motifs is 8. The molecule has 0 N–H and O–H groups in total. The molecule has 0 saturated heterocycles. The van der Waals surface area contributed by atoms with Crippen LogP contribution >= 0.6 is 0 Å². The summed E-state index contributed by atoms with van der Waals surface area (Å²) < 4.78 is 6.43. The Morgan fingerprint density at radius 1 is 0.579 bits per heavy atom. The number of benzene rings is 6. The molecule has 0 saturated carbocycles. The predicted octanol–water partition coefficient (Wildman–Crippen LogP) is 9.77. The van der Waals surface area contributed by atoms with Crippen LogP contribution in [0.1, 0.15) is 25.0 Å². The Hall–Kier alpha value is -4.69. The number of hydrogen-bond donors (Lipinski definition) is 0. The van der Waals surface area contributed by atoms with E-state index in [9.17, 15) is 0 Å². The summed E-state index contributed by atoms with van der Waals surface area (Å²) in [4.78, 5) is 4.83. The van der Waals surface area contributed by atoms with Crippen molar-refractivity contribution in [3.63, 3.8) is 0 Å². The lowest BCUT2D eigenvalue weighted by Gasteiger charge is -2.22. The zero-order chi connectivity index (χ0) is 25.4. The highest BCUT2D eigenvalue weighted by Crippen LogP contribution is 2.49. The van der Waals surface area contributed by atoms with Crippen molar-refractivity contribution >= 4 is 32.6 Å². The van der Waals surface area contributed by atoms with Crippen molar-refractivity contribution in [1.29, 1.82) is 0 Å². The molecule has 0 radical (unpaired) electrons. The molecule has 1 aliphatic rings. The normalized spacial score (nSPS) is 13.7. The molecule has 38 heavy (non-hydrogen) atoms. The molecule has 7 aromatic rings. The van der Waals surface area contributed by atoms with E-state index in [0.717, 1.165) is 27.4 Å². The molecular formula is C36H25NO. The van der Waals surface area contributed by atoms with Crippen LogP contribution < -0.4 is 0 Å². The number of aromatic nitrogens is 1. The minimum absolute atomic E-state index is 0.0225. The third kappa shape index (κ3) is 2.98. The second-order valence-corrected chi connectivity index (χ2v) is 10.8. The van der Waals surface area contributed by atoms with Gasteiger partial charge in [0.05, 0.1) is 0 Å². The van der Waals surface area contributed by atoms with E-state index in [1.807, 2.05) is 30.3 Å². The van der Waals surface area contributed by atoms with E-state index in [1.165, 1.54) is 44.2 Å². The molecule has 2 nitrogen and oxygen atoms in total. The summed E-state index contributed by atoms with van der Waals surface area (Å²) in [7, 11) is 0. The van der Waals surface area contributed by atoms with Crippen molar-refractivity contribution in [2.24, 2.45) is 0 Å². The smallest absolute Gasteiger partial charge is 0.227 e. The van der Waals surface area contributed by atoms with Gasteiger partial charge in [-0.15, -0.1) is 0 Å². The van der Waals surface area contributed by atoms with Gasteiger partial charge in [-0.05, 0) is 79.9 Å². The zero-order valence-electron chi connectivity index (χ0n) is 21.3. The van der Waals surface area contributed by atoms with E-state index in [4.69, 9.17) is 9.40 Å². The molecule has 180 valence electrons. The Morgan fingerprint density at radius 2 is 1.26 bits per heavy atom. The Balaban J connectivity index is 1.34. The van der Waals surface area contributed by atoms with Gasteiger partial charge in [-0.1, -0.05) is 98.8 Å². The first-order chi connectivity index (χ1) is 18.6. The molecule has 0 unspecified atom stereocenters. The summed E-state index contributed by atoms with van der Waals surface area (Å²) in [6, 6.07) is 41.2. The SMILES string of the molecule is CC1(C)c2ccccc2-c2ccc(-c3ccc4ccc5ccc6nc(-c7ccccc7)oc6c5c4c3)cc21. The topological polar surface area (TPSA) is 26.0 Å². The minimum atomic E-state index is -0.0225. The molecule has 0 amide bonds. The van der Waals surface area contributed by atoms with Gasteiger partial charge in [0.2, 0.25) is 5.89 Å². The first-order valence-electron chi connectivity index (χ1n) is 13.1. The third-order valence-electron chi connectivity index (χ3n) is 8.29. The van der Waals surface area contributed by atoms with Gasteiger partial charge in [0.15, 0.2) is 5.58 Å². The summed E-state index contributed by atoms with van der Waals surface area (Å²) in [5, 5.41) is 4.65. The van der Waals surface area contributed by atoms with Crippen molar-refractivity contribution in [2.45, 2.75) is 19.3 Å². The van der Waals surface area contributed by atoms with Gasteiger partial charge in [-0.2, -0.15) is 0 Å². The van der Waals surface area contributed by atoms with Crippen LogP contribution in [0.3, 0.4) is 0 Å². The summed E-state index contributed by atoms with van der Waals surface area (Å²) in [6.45, 7) is 4.67. The van der Waals surface area contributed by atoms with Crippen molar-refractivity contribution in [3.8, 4) is 33.7 Å². The number of nitrogens with zero attached hydrogens (tertiary/aromatic N) is 1. The second-order valence-electron chi connectivity index (χ2n) is 10.8. The van der Waals surface area contributed by atoms with Crippen molar-refractivity contribution in [2.75, 3.05) is 0 Å². The van der Waals surface area contributed by atoms with Crippen molar-refractivity contribution in [3.05, 3.63) is 126 Å². The maximum atomic E-state index is 6.43. The van der Waals surface area contributed by atoms with Crippen LogP contribution in [0, 0.1) is 0 Å². The maximum Gasteiger partial charge on any atom is 0.227 e. The van der Waals surface area contributed by atoms with Gasteiger partial charge < -0.3 is 4.42 Å². The van der Waals surface area contributed by atoms with Crippen molar-refractivity contribution in [1.82, 2.24) is 4.98 Å². The molecule has 1 aliphatic carbocycles. The second kappa shape index (κ2) is 7.66. The fraction of sp³-hybridized carbons (Fsp3) is 0.0833. The first kappa shape index (κ1) is 21.4. The molecule has 0 bridgehead atoms. The third-order valence-corrected chi connectivity index (χ3v) is 8.29. The van der Waals surface area contributed by atoms with E-state index in [-0.39, 0.29) is 5.41 Å². The lowest BCUT2D eigenvalue weighted by atomic mass is 9.81. The van der Waals surface area contributed by atoms with Gasteiger partial charge in [-0.25, -0.2) is 4.98 Å². The minimum Gasteiger partial charge on any atom is -0.435 e. The maximum absolute atomic E-state index is 6.43. The Bertz CT molecular complexity index is 2050. The van der Waals surface area contributed by atoms with Gasteiger partial charge in [0.25, 0.3) is 0 Å². The molecule has 0 fully saturated rings. The van der Waals surface area contributed by atoms with E-state index < -0.39 is 0 Å². The lowest BCUT2D eigenvalue weighted by Crippen LogP contribution is -2.14. The molecule has 0 spiro atoms. The number of hydrogen-bond acceptors (Lipinski definition) is 2. The molecule has 2 heteroatoms. The molecule has 1 aromatic heterocycles. The average Bonchev–Trinajstić information content (AvgIpc) is 3.50. The fourth-order valence-electron chi connectivity index (χ4n) is 6.29. The highest BCUT2D eigenvalue weighted by atomic mass is 16.3. The molecule has 1 heterocycles. The predicted molar refractivity (Wildman–Crippen MR) is 157 cm³/mol. The Kier molecular flexibility index (Phi) is 4.31. The van der Waals surface area contributed by atoms with Crippen LogP contribution in [0.15, 0.2) is 120 Å². The molecule has 8 rings (SSSR count). The van der Waals surface area contributed by atoms with Crippen molar-refractivity contribution < 1.29 is 4.42 Å². The van der Waals surface area contributed by atoms with E-state index >= 15 is 0 Å². The van der Waals surface area contributed by atoms with E-state index in [0.29, 0.717) is 5.89 Å². The van der Waals surface area contributed by atoms with E-state index in [2.05, 4.69) is 98.8 Å². The summed E-state index contributed by atoms with van der Waals surface area (Å²) in [5.74, 6) is 0.654. The van der Waals surface area contributed by atoms with E-state index in [1.54, 1.807) is 0 Å². The number of oxazole rings is 1.